The first kappa shape index (κ1) is 23.9. The smallest absolute Gasteiger partial charge is 0.243 e. The number of nitrogens with one attached hydrogen (secondary N) is 1. The molecule has 30 heavy (non-hydrogen) atoms. The number of carbonyl (C=O) groups excluding carboxylic acids is 2. The summed E-state index contributed by atoms with van der Waals surface area (Å²) >= 11 is 6.36. The highest BCUT2D eigenvalue weighted by atomic mass is 35.5. The van der Waals surface area contributed by atoms with Crippen molar-refractivity contribution in [3.63, 3.8) is 0 Å². The van der Waals surface area contributed by atoms with Crippen LogP contribution >= 0.6 is 11.6 Å². The van der Waals surface area contributed by atoms with Crippen LogP contribution in [0, 0.1) is 6.92 Å². The van der Waals surface area contributed by atoms with Crippen molar-refractivity contribution < 1.29 is 9.59 Å². The highest BCUT2D eigenvalue weighted by Gasteiger charge is 2.29. The third-order valence-electron chi connectivity index (χ3n) is 5.43. The topological polar surface area (TPSA) is 49.4 Å². The summed E-state index contributed by atoms with van der Waals surface area (Å²) in [5, 5.41) is 3.63. The number of rotatable bonds is 10. The van der Waals surface area contributed by atoms with E-state index in [0.717, 1.165) is 17.5 Å². The molecule has 2 rings (SSSR count). The summed E-state index contributed by atoms with van der Waals surface area (Å²) in [6.45, 7) is 8.30. The normalized spacial score (nSPS) is 12.8. The molecule has 0 saturated heterocycles. The van der Waals surface area contributed by atoms with Crippen LogP contribution in [0.4, 0.5) is 0 Å². The Morgan fingerprint density at radius 1 is 1.03 bits per heavy atom. The van der Waals surface area contributed by atoms with Gasteiger partial charge in [-0.2, -0.15) is 0 Å². The second kappa shape index (κ2) is 11.8. The Morgan fingerprint density at radius 2 is 1.70 bits per heavy atom. The Labute approximate surface area is 185 Å². The van der Waals surface area contributed by atoms with Crippen LogP contribution in [0.25, 0.3) is 0 Å². The van der Waals surface area contributed by atoms with E-state index in [1.807, 2.05) is 64.1 Å². The molecular weight excluding hydrogens is 396 g/mol. The van der Waals surface area contributed by atoms with Crippen LogP contribution in [0.15, 0.2) is 48.5 Å². The van der Waals surface area contributed by atoms with E-state index in [1.54, 1.807) is 4.90 Å². The van der Waals surface area contributed by atoms with Gasteiger partial charge in [0.1, 0.15) is 6.04 Å². The molecule has 0 aliphatic heterocycles. The van der Waals surface area contributed by atoms with Gasteiger partial charge < -0.3 is 10.2 Å². The number of aryl methyl sites for hydroxylation is 2. The average Bonchev–Trinajstić information content (AvgIpc) is 2.74. The molecular formula is C25H33ClN2O2. The van der Waals surface area contributed by atoms with E-state index in [9.17, 15) is 9.59 Å². The van der Waals surface area contributed by atoms with Crippen LogP contribution in [-0.4, -0.2) is 28.8 Å². The van der Waals surface area contributed by atoms with E-state index in [2.05, 4.69) is 17.4 Å². The van der Waals surface area contributed by atoms with Gasteiger partial charge in [-0.1, -0.05) is 73.5 Å². The Bertz CT molecular complexity index is 835. The van der Waals surface area contributed by atoms with Gasteiger partial charge in [-0.3, -0.25) is 9.59 Å². The number of benzene rings is 2. The standard InChI is InChI=1S/C25H33ClN2O2/c1-5-19(4)27-25(30)23(6-2)28(17-21-9-7-8-10-22(21)26)24(29)16-15-20-13-11-18(3)12-14-20/h7-14,19,23H,5-6,15-17H2,1-4H3,(H,27,30)/t19-,23+/m0/s1. The number of hydrogen-bond donors (Lipinski definition) is 1. The second-order valence-corrected chi connectivity index (χ2v) is 8.25. The first-order chi connectivity index (χ1) is 14.3. The zero-order valence-electron chi connectivity index (χ0n) is 18.5. The van der Waals surface area contributed by atoms with Crippen molar-refractivity contribution in [3.05, 3.63) is 70.2 Å². The first-order valence-electron chi connectivity index (χ1n) is 10.7. The maximum Gasteiger partial charge on any atom is 0.243 e. The molecule has 4 nitrogen and oxygen atoms in total. The third kappa shape index (κ3) is 6.88. The van der Waals surface area contributed by atoms with Crippen molar-refractivity contribution in [2.75, 3.05) is 0 Å². The summed E-state index contributed by atoms with van der Waals surface area (Å²) < 4.78 is 0. The predicted molar refractivity (Wildman–Crippen MR) is 123 cm³/mol. The molecule has 2 atom stereocenters. The summed E-state index contributed by atoms with van der Waals surface area (Å²) in [7, 11) is 0. The summed E-state index contributed by atoms with van der Waals surface area (Å²) in [5.41, 5.74) is 3.15. The molecule has 5 heteroatoms. The molecule has 0 fully saturated rings. The van der Waals surface area contributed by atoms with E-state index < -0.39 is 6.04 Å². The highest BCUT2D eigenvalue weighted by Crippen LogP contribution is 2.21. The molecule has 0 aromatic heterocycles. The lowest BCUT2D eigenvalue weighted by atomic mass is 10.0. The quantitative estimate of drug-likeness (QED) is 0.558. The Kier molecular flexibility index (Phi) is 9.38. The number of nitrogens with zero attached hydrogens (tertiary/aromatic N) is 1. The molecule has 1 N–H and O–H groups in total. The molecule has 2 aromatic carbocycles. The van der Waals surface area contributed by atoms with Crippen molar-refractivity contribution in [3.8, 4) is 0 Å². The van der Waals surface area contributed by atoms with E-state index in [4.69, 9.17) is 11.6 Å². The number of halogens is 1. The Balaban J connectivity index is 2.21. The van der Waals surface area contributed by atoms with Gasteiger partial charge in [0.05, 0.1) is 0 Å². The molecule has 0 heterocycles. The number of carbonyl (C=O) groups is 2. The minimum atomic E-state index is -0.527. The fraction of sp³-hybridized carbons (Fsp3) is 0.440. The van der Waals surface area contributed by atoms with Gasteiger partial charge in [-0.25, -0.2) is 0 Å². The Morgan fingerprint density at radius 3 is 2.30 bits per heavy atom. The molecule has 0 spiro atoms. The van der Waals surface area contributed by atoms with Gasteiger partial charge in [-0.15, -0.1) is 0 Å². The van der Waals surface area contributed by atoms with Crippen LogP contribution < -0.4 is 5.32 Å². The van der Waals surface area contributed by atoms with Gasteiger partial charge in [0.25, 0.3) is 0 Å². The first-order valence-corrected chi connectivity index (χ1v) is 11.1. The predicted octanol–water partition coefficient (Wildman–Crippen LogP) is 5.30. The zero-order chi connectivity index (χ0) is 22.1. The van der Waals surface area contributed by atoms with Crippen molar-refractivity contribution in [2.24, 2.45) is 0 Å². The fourth-order valence-electron chi connectivity index (χ4n) is 3.32. The van der Waals surface area contributed by atoms with Crippen LogP contribution in [-0.2, 0) is 22.6 Å². The van der Waals surface area contributed by atoms with Crippen molar-refractivity contribution in [1.82, 2.24) is 10.2 Å². The summed E-state index contributed by atoms with van der Waals surface area (Å²) in [6.07, 6.45) is 2.37. The van der Waals surface area contributed by atoms with Crippen molar-refractivity contribution in [2.45, 2.75) is 72.0 Å². The van der Waals surface area contributed by atoms with Gasteiger partial charge in [0.15, 0.2) is 0 Å². The lowest BCUT2D eigenvalue weighted by molar-refractivity contribution is -0.141. The van der Waals surface area contributed by atoms with Gasteiger partial charge in [0, 0.05) is 24.0 Å². The molecule has 2 amide bonds. The molecule has 0 aliphatic carbocycles. The lowest BCUT2D eigenvalue weighted by Crippen LogP contribution is -2.50. The van der Waals surface area contributed by atoms with Gasteiger partial charge >= 0.3 is 0 Å². The summed E-state index contributed by atoms with van der Waals surface area (Å²) in [5.74, 6) is -0.149. The number of hydrogen-bond acceptors (Lipinski definition) is 2. The summed E-state index contributed by atoms with van der Waals surface area (Å²) in [4.78, 5) is 27.9. The lowest BCUT2D eigenvalue weighted by Gasteiger charge is -2.31. The van der Waals surface area contributed by atoms with Crippen LogP contribution in [0.3, 0.4) is 0 Å². The van der Waals surface area contributed by atoms with Crippen molar-refractivity contribution in [1.29, 1.82) is 0 Å². The maximum absolute atomic E-state index is 13.3. The highest BCUT2D eigenvalue weighted by molar-refractivity contribution is 6.31. The molecule has 0 radical (unpaired) electrons. The average molecular weight is 429 g/mol. The zero-order valence-corrected chi connectivity index (χ0v) is 19.2. The van der Waals surface area contributed by atoms with Crippen molar-refractivity contribution >= 4 is 23.4 Å². The van der Waals surface area contributed by atoms with Crippen LogP contribution in [0.1, 0.15) is 56.7 Å². The maximum atomic E-state index is 13.3. The van der Waals surface area contributed by atoms with E-state index in [1.165, 1.54) is 5.56 Å². The van der Waals surface area contributed by atoms with Gasteiger partial charge in [-0.05, 0) is 50.3 Å². The van der Waals surface area contributed by atoms with E-state index in [-0.39, 0.29) is 17.9 Å². The molecule has 0 unspecified atom stereocenters. The minimum Gasteiger partial charge on any atom is -0.352 e. The van der Waals surface area contributed by atoms with Gasteiger partial charge in [0.2, 0.25) is 11.8 Å². The Hall–Kier alpha value is -2.33. The molecule has 2 aromatic rings. The largest absolute Gasteiger partial charge is 0.352 e. The van der Waals surface area contributed by atoms with Crippen LogP contribution in [0.2, 0.25) is 5.02 Å². The minimum absolute atomic E-state index is 0.0401. The second-order valence-electron chi connectivity index (χ2n) is 7.84. The van der Waals surface area contributed by atoms with E-state index in [0.29, 0.717) is 30.8 Å². The van der Waals surface area contributed by atoms with Crippen LogP contribution in [0.5, 0.6) is 0 Å². The molecule has 0 saturated carbocycles. The van der Waals surface area contributed by atoms with E-state index >= 15 is 0 Å². The monoisotopic (exact) mass is 428 g/mol. The third-order valence-corrected chi connectivity index (χ3v) is 5.80. The SMILES string of the molecule is CC[C@H](C(=O)N[C@@H](C)CC)N(Cc1ccccc1Cl)C(=O)CCc1ccc(C)cc1. The number of amides is 2. The summed E-state index contributed by atoms with van der Waals surface area (Å²) in [6, 6.07) is 15.2. The molecule has 0 bridgehead atoms. The molecule has 162 valence electrons. The fourth-order valence-corrected chi connectivity index (χ4v) is 3.52. The molecule has 0 aliphatic rings.